The Bertz CT molecular complexity index is 719. The standard InChI is InChI=1S/C19H23NO/c1-19(2,3)11-8-9-12-14(10-11)16-13-6-4-5-7-15(13)20-17(16)18(12)21/h4-7,11-12,14,20H,8-10H2,1-3H3/t11-,12-,14+/m0/s1. The summed E-state index contributed by atoms with van der Waals surface area (Å²) in [5.74, 6) is 1.74. The SMILES string of the molecule is CC(C)(C)[C@H]1CC[C@@H]2C(=O)c3[nH]c4ccccc4c3[C@@H]2C1. The van der Waals surface area contributed by atoms with Crippen LogP contribution >= 0.6 is 0 Å². The van der Waals surface area contributed by atoms with E-state index in [1.807, 2.05) is 6.07 Å². The third kappa shape index (κ3) is 1.81. The summed E-state index contributed by atoms with van der Waals surface area (Å²) in [6.45, 7) is 7.01. The maximum atomic E-state index is 12.7. The van der Waals surface area contributed by atoms with Crippen LogP contribution in [0.4, 0.5) is 0 Å². The second-order valence-electron chi connectivity index (χ2n) is 7.91. The van der Waals surface area contributed by atoms with Crippen LogP contribution in [0.15, 0.2) is 24.3 Å². The summed E-state index contributed by atoms with van der Waals surface area (Å²) < 4.78 is 0. The van der Waals surface area contributed by atoms with E-state index < -0.39 is 0 Å². The zero-order valence-corrected chi connectivity index (χ0v) is 13.1. The van der Waals surface area contributed by atoms with E-state index in [1.54, 1.807) is 0 Å². The lowest BCUT2D eigenvalue weighted by molar-refractivity contribution is 0.0812. The number of carbonyl (C=O) groups excluding carboxylic acids is 1. The number of aromatic nitrogens is 1. The first-order chi connectivity index (χ1) is 9.97. The van der Waals surface area contributed by atoms with E-state index in [0.717, 1.165) is 24.1 Å². The van der Waals surface area contributed by atoms with Crippen molar-refractivity contribution in [2.45, 2.75) is 46.0 Å². The van der Waals surface area contributed by atoms with Crippen molar-refractivity contribution in [2.75, 3.05) is 0 Å². The summed E-state index contributed by atoms with van der Waals surface area (Å²) in [4.78, 5) is 16.1. The maximum absolute atomic E-state index is 12.7. The normalized spacial score (nSPS) is 28.7. The predicted molar refractivity (Wildman–Crippen MR) is 85.7 cm³/mol. The average molecular weight is 281 g/mol. The number of carbonyl (C=O) groups is 1. The number of Topliss-reactive ketones (excluding diaryl/α,β-unsaturated/α-hetero) is 1. The van der Waals surface area contributed by atoms with Gasteiger partial charge >= 0.3 is 0 Å². The Kier molecular flexibility index (Phi) is 2.64. The number of nitrogens with one attached hydrogen (secondary N) is 1. The quantitative estimate of drug-likeness (QED) is 0.731. The highest BCUT2D eigenvalue weighted by Crippen LogP contribution is 2.53. The van der Waals surface area contributed by atoms with Gasteiger partial charge in [0.1, 0.15) is 0 Å². The molecule has 0 radical (unpaired) electrons. The Morgan fingerprint density at radius 2 is 1.86 bits per heavy atom. The summed E-state index contributed by atoms with van der Waals surface area (Å²) in [5.41, 5.74) is 3.67. The number of ketones is 1. The van der Waals surface area contributed by atoms with Crippen molar-refractivity contribution in [1.82, 2.24) is 4.98 Å². The summed E-state index contributed by atoms with van der Waals surface area (Å²) in [6.07, 6.45) is 3.41. The summed E-state index contributed by atoms with van der Waals surface area (Å²) in [6, 6.07) is 8.37. The third-order valence-electron chi connectivity index (χ3n) is 5.78. The zero-order chi connectivity index (χ0) is 14.8. The van der Waals surface area contributed by atoms with Gasteiger partial charge in [-0.3, -0.25) is 4.79 Å². The molecule has 0 unspecified atom stereocenters. The van der Waals surface area contributed by atoms with Gasteiger partial charge in [0, 0.05) is 16.8 Å². The number of rotatable bonds is 0. The summed E-state index contributed by atoms with van der Waals surface area (Å²) in [7, 11) is 0. The highest BCUT2D eigenvalue weighted by molar-refractivity contribution is 6.07. The van der Waals surface area contributed by atoms with Crippen LogP contribution in [0, 0.1) is 17.3 Å². The number of aromatic amines is 1. The molecule has 2 heteroatoms. The van der Waals surface area contributed by atoms with Crippen molar-refractivity contribution in [3.63, 3.8) is 0 Å². The summed E-state index contributed by atoms with van der Waals surface area (Å²) in [5, 5.41) is 1.27. The minimum Gasteiger partial charge on any atom is -0.352 e. The molecule has 2 aliphatic carbocycles. The maximum Gasteiger partial charge on any atom is 0.183 e. The first-order valence-corrected chi connectivity index (χ1v) is 8.11. The van der Waals surface area contributed by atoms with E-state index in [2.05, 4.69) is 44.0 Å². The van der Waals surface area contributed by atoms with Crippen LogP contribution in [0.1, 0.15) is 62.0 Å². The van der Waals surface area contributed by atoms with Gasteiger partial charge < -0.3 is 4.98 Å². The molecule has 1 aromatic heterocycles. The minimum absolute atomic E-state index is 0.231. The van der Waals surface area contributed by atoms with Gasteiger partial charge in [-0.1, -0.05) is 39.0 Å². The molecule has 21 heavy (non-hydrogen) atoms. The van der Waals surface area contributed by atoms with Crippen molar-refractivity contribution < 1.29 is 4.79 Å². The van der Waals surface area contributed by atoms with E-state index in [9.17, 15) is 4.79 Å². The molecule has 110 valence electrons. The van der Waals surface area contributed by atoms with Gasteiger partial charge in [-0.15, -0.1) is 0 Å². The number of fused-ring (bicyclic) bond motifs is 5. The molecule has 1 fully saturated rings. The second kappa shape index (κ2) is 4.22. The molecule has 1 heterocycles. The lowest BCUT2D eigenvalue weighted by Crippen LogP contribution is -2.30. The van der Waals surface area contributed by atoms with E-state index in [4.69, 9.17) is 0 Å². The summed E-state index contributed by atoms with van der Waals surface area (Å²) >= 11 is 0. The van der Waals surface area contributed by atoms with Crippen LogP contribution in [-0.2, 0) is 0 Å². The van der Waals surface area contributed by atoms with Crippen LogP contribution in [0.25, 0.3) is 10.9 Å². The lowest BCUT2D eigenvalue weighted by Gasteiger charge is -2.39. The molecular weight excluding hydrogens is 258 g/mol. The van der Waals surface area contributed by atoms with Gasteiger partial charge in [-0.05, 0) is 48.1 Å². The van der Waals surface area contributed by atoms with E-state index in [0.29, 0.717) is 23.0 Å². The van der Waals surface area contributed by atoms with Gasteiger partial charge in [0.05, 0.1) is 5.69 Å². The molecule has 0 aliphatic heterocycles. The molecule has 0 bridgehead atoms. The Morgan fingerprint density at radius 3 is 2.62 bits per heavy atom. The number of hydrogen-bond donors (Lipinski definition) is 1. The van der Waals surface area contributed by atoms with Crippen LogP contribution in [0.3, 0.4) is 0 Å². The Balaban J connectivity index is 1.82. The smallest absolute Gasteiger partial charge is 0.183 e. The van der Waals surface area contributed by atoms with E-state index in [-0.39, 0.29) is 5.92 Å². The topological polar surface area (TPSA) is 32.9 Å². The van der Waals surface area contributed by atoms with Crippen LogP contribution in [0.5, 0.6) is 0 Å². The third-order valence-corrected chi connectivity index (χ3v) is 5.78. The fourth-order valence-corrected chi connectivity index (χ4v) is 4.52. The first-order valence-electron chi connectivity index (χ1n) is 8.11. The van der Waals surface area contributed by atoms with E-state index in [1.165, 1.54) is 17.4 Å². The van der Waals surface area contributed by atoms with Gasteiger partial charge in [0.15, 0.2) is 5.78 Å². The van der Waals surface area contributed by atoms with Crippen molar-refractivity contribution in [1.29, 1.82) is 0 Å². The zero-order valence-electron chi connectivity index (χ0n) is 13.1. The largest absolute Gasteiger partial charge is 0.352 e. The molecule has 2 nitrogen and oxygen atoms in total. The fourth-order valence-electron chi connectivity index (χ4n) is 4.52. The Morgan fingerprint density at radius 1 is 1.10 bits per heavy atom. The molecule has 3 atom stereocenters. The minimum atomic E-state index is 0.231. The molecular formula is C19H23NO. The van der Waals surface area contributed by atoms with Crippen LogP contribution in [0.2, 0.25) is 0 Å². The van der Waals surface area contributed by atoms with Gasteiger partial charge in [0.2, 0.25) is 0 Å². The molecule has 1 aromatic carbocycles. The lowest BCUT2D eigenvalue weighted by atomic mass is 9.65. The van der Waals surface area contributed by atoms with Gasteiger partial charge in [-0.2, -0.15) is 0 Å². The molecule has 0 spiro atoms. The van der Waals surface area contributed by atoms with E-state index >= 15 is 0 Å². The molecule has 4 rings (SSSR count). The molecule has 2 aliphatic rings. The van der Waals surface area contributed by atoms with Gasteiger partial charge in [0.25, 0.3) is 0 Å². The molecule has 0 saturated heterocycles. The number of H-pyrrole nitrogens is 1. The van der Waals surface area contributed by atoms with Crippen molar-refractivity contribution in [3.8, 4) is 0 Å². The number of para-hydroxylation sites is 1. The number of benzene rings is 1. The number of hydrogen-bond acceptors (Lipinski definition) is 1. The Labute approximate surface area is 125 Å². The van der Waals surface area contributed by atoms with Crippen molar-refractivity contribution >= 4 is 16.7 Å². The molecule has 1 saturated carbocycles. The Hall–Kier alpha value is -1.57. The second-order valence-corrected chi connectivity index (χ2v) is 7.91. The monoisotopic (exact) mass is 281 g/mol. The first kappa shape index (κ1) is 13.1. The van der Waals surface area contributed by atoms with Crippen LogP contribution in [-0.4, -0.2) is 10.8 Å². The molecule has 2 aromatic rings. The van der Waals surface area contributed by atoms with Crippen molar-refractivity contribution in [3.05, 3.63) is 35.5 Å². The highest BCUT2D eigenvalue weighted by Gasteiger charge is 2.47. The van der Waals surface area contributed by atoms with Crippen molar-refractivity contribution in [2.24, 2.45) is 17.3 Å². The molecule has 0 amide bonds. The predicted octanol–water partition coefficient (Wildman–Crippen LogP) is 4.91. The average Bonchev–Trinajstić information content (AvgIpc) is 2.95. The highest BCUT2D eigenvalue weighted by atomic mass is 16.1. The molecule has 1 N–H and O–H groups in total. The van der Waals surface area contributed by atoms with Crippen LogP contribution < -0.4 is 0 Å². The fraction of sp³-hybridized carbons (Fsp3) is 0.526. The van der Waals surface area contributed by atoms with Gasteiger partial charge in [-0.25, -0.2) is 0 Å².